The number of likely N-dealkylation sites (tertiary alicyclic amines) is 1. The second kappa shape index (κ2) is 5.77. The molecule has 1 aliphatic heterocycles. The van der Waals surface area contributed by atoms with Crippen molar-refractivity contribution in [2.45, 2.75) is 12.8 Å². The largest absolute Gasteiger partial charge is 0.343 e. The first-order chi connectivity index (χ1) is 9.08. The Labute approximate surface area is 109 Å². The molecule has 0 radical (unpaired) electrons. The maximum absolute atomic E-state index is 13.3. The van der Waals surface area contributed by atoms with Crippen molar-refractivity contribution in [1.29, 1.82) is 0 Å². The number of carbonyl (C=O) groups excluding carboxylic acids is 2. The number of halogens is 2. The fourth-order valence-electron chi connectivity index (χ4n) is 2.00. The van der Waals surface area contributed by atoms with Gasteiger partial charge < -0.3 is 10.2 Å². The number of rotatable bonds is 3. The van der Waals surface area contributed by atoms with E-state index in [1.807, 2.05) is 0 Å². The van der Waals surface area contributed by atoms with Crippen LogP contribution in [0.3, 0.4) is 0 Å². The molecule has 0 bridgehead atoms. The van der Waals surface area contributed by atoms with Crippen LogP contribution in [0.4, 0.5) is 8.78 Å². The summed E-state index contributed by atoms with van der Waals surface area (Å²) in [7, 11) is 0. The van der Waals surface area contributed by atoms with Gasteiger partial charge in [0, 0.05) is 13.1 Å². The molecule has 19 heavy (non-hydrogen) atoms. The highest BCUT2D eigenvalue weighted by molar-refractivity contribution is 5.96. The first-order valence-corrected chi connectivity index (χ1v) is 6.09. The van der Waals surface area contributed by atoms with E-state index in [4.69, 9.17) is 0 Å². The zero-order valence-electron chi connectivity index (χ0n) is 10.3. The van der Waals surface area contributed by atoms with E-state index in [9.17, 15) is 18.4 Å². The fourth-order valence-corrected chi connectivity index (χ4v) is 2.00. The van der Waals surface area contributed by atoms with Crippen LogP contribution in [0.1, 0.15) is 23.2 Å². The summed E-state index contributed by atoms with van der Waals surface area (Å²) in [6, 6.07) is 2.62. The van der Waals surface area contributed by atoms with Crippen molar-refractivity contribution >= 4 is 11.8 Å². The third kappa shape index (κ3) is 3.27. The van der Waals surface area contributed by atoms with Gasteiger partial charge in [-0.3, -0.25) is 9.59 Å². The molecule has 1 aliphatic rings. The van der Waals surface area contributed by atoms with Gasteiger partial charge in [0.15, 0.2) is 0 Å². The third-order valence-electron chi connectivity index (χ3n) is 3.03. The molecule has 1 saturated heterocycles. The Hall–Kier alpha value is -1.98. The molecule has 1 fully saturated rings. The predicted octanol–water partition coefficient (Wildman–Crippen LogP) is 1.32. The SMILES string of the molecule is O=C(NCC(=O)N1CCCC1)c1cc(F)ccc1F. The number of nitrogens with one attached hydrogen (secondary N) is 1. The molecule has 102 valence electrons. The van der Waals surface area contributed by atoms with E-state index in [0.717, 1.165) is 31.0 Å². The number of carbonyl (C=O) groups is 2. The van der Waals surface area contributed by atoms with Crippen LogP contribution in [0.15, 0.2) is 18.2 Å². The van der Waals surface area contributed by atoms with Gasteiger partial charge >= 0.3 is 0 Å². The van der Waals surface area contributed by atoms with E-state index in [1.165, 1.54) is 0 Å². The summed E-state index contributed by atoms with van der Waals surface area (Å²) < 4.78 is 26.3. The summed E-state index contributed by atoms with van der Waals surface area (Å²) in [5.74, 6) is -2.50. The molecule has 2 amide bonds. The minimum absolute atomic E-state index is 0.200. The Morgan fingerprint density at radius 2 is 1.89 bits per heavy atom. The van der Waals surface area contributed by atoms with Crippen molar-refractivity contribution in [3.63, 3.8) is 0 Å². The summed E-state index contributed by atoms with van der Waals surface area (Å²) >= 11 is 0. The Morgan fingerprint density at radius 1 is 1.21 bits per heavy atom. The summed E-state index contributed by atoms with van der Waals surface area (Å²) in [5, 5.41) is 2.31. The second-order valence-electron chi connectivity index (χ2n) is 4.39. The van der Waals surface area contributed by atoms with Crippen molar-refractivity contribution in [1.82, 2.24) is 10.2 Å². The molecule has 1 aromatic rings. The summed E-state index contributed by atoms with van der Waals surface area (Å²) in [6.07, 6.45) is 1.91. The molecule has 0 atom stereocenters. The van der Waals surface area contributed by atoms with Gasteiger partial charge in [0.25, 0.3) is 5.91 Å². The summed E-state index contributed by atoms with van der Waals surface area (Å²) in [5.41, 5.74) is -0.394. The maximum Gasteiger partial charge on any atom is 0.254 e. The molecule has 1 heterocycles. The van der Waals surface area contributed by atoms with Gasteiger partial charge in [-0.05, 0) is 31.0 Å². The van der Waals surface area contributed by atoms with E-state index in [-0.39, 0.29) is 12.5 Å². The molecule has 0 saturated carbocycles. The van der Waals surface area contributed by atoms with Crippen molar-refractivity contribution in [3.05, 3.63) is 35.4 Å². The highest BCUT2D eigenvalue weighted by Gasteiger charge is 2.19. The number of nitrogens with zero attached hydrogens (tertiary/aromatic N) is 1. The van der Waals surface area contributed by atoms with E-state index < -0.39 is 23.1 Å². The van der Waals surface area contributed by atoms with Gasteiger partial charge in [0.2, 0.25) is 5.91 Å². The Bertz CT molecular complexity index is 499. The van der Waals surface area contributed by atoms with Crippen LogP contribution < -0.4 is 5.32 Å². The average molecular weight is 268 g/mol. The number of benzene rings is 1. The van der Waals surface area contributed by atoms with Gasteiger partial charge in [-0.25, -0.2) is 8.78 Å². The normalized spacial score (nSPS) is 14.5. The molecular formula is C13H14F2N2O2. The zero-order valence-corrected chi connectivity index (χ0v) is 10.3. The second-order valence-corrected chi connectivity index (χ2v) is 4.39. The van der Waals surface area contributed by atoms with E-state index in [0.29, 0.717) is 13.1 Å². The zero-order chi connectivity index (χ0) is 13.8. The molecule has 1 aromatic carbocycles. The van der Waals surface area contributed by atoms with Gasteiger partial charge in [-0.1, -0.05) is 0 Å². The van der Waals surface area contributed by atoms with Crippen LogP contribution in [-0.2, 0) is 4.79 Å². The van der Waals surface area contributed by atoms with Crippen LogP contribution in [0, 0.1) is 11.6 Å². The standard InChI is InChI=1S/C13H14F2N2O2/c14-9-3-4-11(15)10(7-9)13(19)16-8-12(18)17-5-1-2-6-17/h3-4,7H,1-2,5-6,8H2,(H,16,19). The molecule has 2 rings (SSSR count). The molecule has 4 nitrogen and oxygen atoms in total. The lowest BCUT2D eigenvalue weighted by Gasteiger charge is -2.15. The molecule has 6 heteroatoms. The van der Waals surface area contributed by atoms with E-state index >= 15 is 0 Å². The van der Waals surface area contributed by atoms with Crippen molar-refractivity contribution in [2.75, 3.05) is 19.6 Å². The Morgan fingerprint density at radius 3 is 2.58 bits per heavy atom. The van der Waals surface area contributed by atoms with E-state index in [1.54, 1.807) is 4.90 Å². The monoisotopic (exact) mass is 268 g/mol. The molecular weight excluding hydrogens is 254 g/mol. The molecule has 1 N–H and O–H groups in total. The lowest BCUT2D eigenvalue weighted by Crippen LogP contribution is -2.38. The third-order valence-corrected chi connectivity index (χ3v) is 3.03. The topological polar surface area (TPSA) is 49.4 Å². The lowest BCUT2D eigenvalue weighted by molar-refractivity contribution is -0.129. The number of hydrogen-bond donors (Lipinski definition) is 1. The number of amides is 2. The molecule has 0 aromatic heterocycles. The predicted molar refractivity (Wildman–Crippen MR) is 64.5 cm³/mol. The van der Waals surface area contributed by atoms with Crippen molar-refractivity contribution in [3.8, 4) is 0 Å². The van der Waals surface area contributed by atoms with Crippen LogP contribution in [0.2, 0.25) is 0 Å². The minimum Gasteiger partial charge on any atom is -0.343 e. The van der Waals surface area contributed by atoms with Crippen LogP contribution >= 0.6 is 0 Å². The average Bonchev–Trinajstić information content (AvgIpc) is 2.92. The van der Waals surface area contributed by atoms with Crippen molar-refractivity contribution < 1.29 is 18.4 Å². The van der Waals surface area contributed by atoms with Gasteiger partial charge in [0.05, 0.1) is 12.1 Å². The molecule has 0 aliphatic carbocycles. The van der Waals surface area contributed by atoms with Gasteiger partial charge in [0.1, 0.15) is 11.6 Å². The summed E-state index contributed by atoms with van der Waals surface area (Å²) in [6.45, 7) is 1.17. The highest BCUT2D eigenvalue weighted by Crippen LogP contribution is 2.10. The Kier molecular flexibility index (Phi) is 4.09. The van der Waals surface area contributed by atoms with Crippen molar-refractivity contribution in [2.24, 2.45) is 0 Å². The van der Waals surface area contributed by atoms with E-state index in [2.05, 4.69) is 5.32 Å². The van der Waals surface area contributed by atoms with Crippen LogP contribution in [0.25, 0.3) is 0 Å². The molecule has 0 spiro atoms. The van der Waals surface area contributed by atoms with Gasteiger partial charge in [-0.2, -0.15) is 0 Å². The first kappa shape index (κ1) is 13.5. The van der Waals surface area contributed by atoms with Gasteiger partial charge in [-0.15, -0.1) is 0 Å². The quantitative estimate of drug-likeness (QED) is 0.898. The Balaban J connectivity index is 1.93. The summed E-state index contributed by atoms with van der Waals surface area (Å²) in [4.78, 5) is 25.0. The smallest absolute Gasteiger partial charge is 0.254 e. The maximum atomic E-state index is 13.3. The minimum atomic E-state index is -0.812. The lowest BCUT2D eigenvalue weighted by atomic mass is 10.2. The highest BCUT2D eigenvalue weighted by atomic mass is 19.1. The first-order valence-electron chi connectivity index (χ1n) is 6.09. The number of hydrogen-bond acceptors (Lipinski definition) is 2. The van der Waals surface area contributed by atoms with Crippen LogP contribution in [-0.4, -0.2) is 36.3 Å². The molecule has 0 unspecified atom stereocenters. The fraction of sp³-hybridized carbons (Fsp3) is 0.385. The van der Waals surface area contributed by atoms with Crippen LogP contribution in [0.5, 0.6) is 0 Å².